The van der Waals surface area contributed by atoms with Crippen molar-refractivity contribution in [3.63, 3.8) is 0 Å². The van der Waals surface area contributed by atoms with Crippen LogP contribution in [0.2, 0.25) is 0 Å². The van der Waals surface area contributed by atoms with Crippen molar-refractivity contribution in [1.29, 1.82) is 0 Å². The molecule has 1 atom stereocenters. The minimum Gasteiger partial charge on any atom is -0.497 e. The highest BCUT2D eigenvalue weighted by molar-refractivity contribution is 5.84. The molecular formula is C23H39N5O2. The van der Waals surface area contributed by atoms with E-state index in [4.69, 9.17) is 4.74 Å². The zero-order chi connectivity index (χ0) is 21.9. The topological polar surface area (TPSA) is 69.2 Å². The van der Waals surface area contributed by atoms with Crippen molar-refractivity contribution >= 4 is 11.9 Å². The number of aliphatic imine (C=N–C) groups is 1. The Balaban J connectivity index is 1.90. The average Bonchev–Trinajstić information content (AvgIpc) is 3.15. The van der Waals surface area contributed by atoms with Crippen LogP contribution in [0.5, 0.6) is 5.75 Å². The van der Waals surface area contributed by atoms with Gasteiger partial charge in [0.2, 0.25) is 5.91 Å². The summed E-state index contributed by atoms with van der Waals surface area (Å²) in [5, 5.41) is 6.86. The molecule has 1 aromatic carbocycles. The highest BCUT2D eigenvalue weighted by Gasteiger charge is 2.24. The maximum Gasteiger partial charge on any atom is 0.243 e. The van der Waals surface area contributed by atoms with Crippen molar-refractivity contribution in [2.24, 2.45) is 10.9 Å². The Morgan fingerprint density at radius 3 is 2.63 bits per heavy atom. The van der Waals surface area contributed by atoms with Crippen molar-refractivity contribution in [2.75, 3.05) is 53.9 Å². The first kappa shape index (κ1) is 24.0. The third kappa shape index (κ3) is 8.22. The lowest BCUT2D eigenvalue weighted by molar-refractivity contribution is -0.127. The highest BCUT2D eigenvalue weighted by atomic mass is 16.5. The molecule has 7 heteroatoms. The van der Waals surface area contributed by atoms with E-state index in [1.165, 1.54) is 24.9 Å². The van der Waals surface area contributed by atoms with Gasteiger partial charge >= 0.3 is 0 Å². The van der Waals surface area contributed by atoms with Crippen molar-refractivity contribution in [2.45, 2.75) is 39.2 Å². The molecule has 2 rings (SSSR count). The molecule has 0 radical (unpaired) electrons. The normalized spacial score (nSPS) is 17.3. The molecule has 1 aliphatic heterocycles. The molecule has 1 saturated heterocycles. The van der Waals surface area contributed by atoms with Crippen LogP contribution in [0.3, 0.4) is 0 Å². The van der Waals surface area contributed by atoms with Crippen LogP contribution in [0.4, 0.5) is 0 Å². The minimum absolute atomic E-state index is 0.00597. The summed E-state index contributed by atoms with van der Waals surface area (Å²) in [5.74, 6) is 2.23. The number of carbonyl (C=O) groups is 1. The Morgan fingerprint density at radius 1 is 1.27 bits per heavy atom. The first-order chi connectivity index (χ1) is 14.4. The van der Waals surface area contributed by atoms with Crippen LogP contribution in [0.25, 0.3) is 0 Å². The predicted octanol–water partition coefficient (Wildman–Crippen LogP) is 1.98. The van der Waals surface area contributed by atoms with E-state index in [9.17, 15) is 4.79 Å². The predicted molar refractivity (Wildman–Crippen MR) is 123 cm³/mol. The Bertz CT molecular complexity index is 673. The summed E-state index contributed by atoms with van der Waals surface area (Å²) in [6.07, 6.45) is 3.32. The Morgan fingerprint density at radius 2 is 2.00 bits per heavy atom. The fourth-order valence-electron chi connectivity index (χ4n) is 3.63. The molecule has 30 heavy (non-hydrogen) atoms. The van der Waals surface area contributed by atoms with Gasteiger partial charge in [0, 0.05) is 39.8 Å². The van der Waals surface area contributed by atoms with Gasteiger partial charge in [-0.1, -0.05) is 26.0 Å². The Labute approximate surface area is 181 Å². The lowest BCUT2D eigenvalue weighted by atomic mass is 10.1. The van der Waals surface area contributed by atoms with E-state index in [0.717, 1.165) is 31.8 Å². The number of hydrogen-bond donors (Lipinski definition) is 2. The second kappa shape index (κ2) is 12.4. The number of benzene rings is 1. The van der Waals surface area contributed by atoms with E-state index in [0.29, 0.717) is 17.9 Å². The number of likely N-dealkylation sites (tertiary alicyclic amines) is 1. The summed E-state index contributed by atoms with van der Waals surface area (Å²) >= 11 is 0. The van der Waals surface area contributed by atoms with Gasteiger partial charge in [-0.3, -0.25) is 9.69 Å². The quantitative estimate of drug-likeness (QED) is 0.450. The number of likely N-dealkylation sites (N-methyl/N-ethyl adjacent to an activating group) is 1. The van der Waals surface area contributed by atoms with Gasteiger partial charge in [-0.2, -0.15) is 0 Å². The zero-order valence-corrected chi connectivity index (χ0v) is 19.3. The van der Waals surface area contributed by atoms with Crippen LogP contribution < -0.4 is 15.4 Å². The molecule has 1 heterocycles. The summed E-state index contributed by atoms with van der Waals surface area (Å²) in [7, 11) is 5.18. The van der Waals surface area contributed by atoms with E-state index < -0.39 is 0 Å². The van der Waals surface area contributed by atoms with Gasteiger partial charge in [-0.15, -0.1) is 0 Å². The molecule has 0 spiro atoms. The number of amides is 1. The van der Waals surface area contributed by atoms with Crippen molar-refractivity contribution in [3.05, 3.63) is 29.8 Å². The van der Waals surface area contributed by atoms with Gasteiger partial charge in [-0.05, 0) is 49.4 Å². The Kier molecular flexibility index (Phi) is 9.94. The monoisotopic (exact) mass is 417 g/mol. The van der Waals surface area contributed by atoms with Crippen molar-refractivity contribution in [3.8, 4) is 5.75 Å². The molecule has 1 amide bonds. The number of carbonyl (C=O) groups excluding carboxylic acids is 1. The van der Waals surface area contributed by atoms with Gasteiger partial charge in [0.25, 0.3) is 0 Å². The van der Waals surface area contributed by atoms with E-state index in [2.05, 4.69) is 46.5 Å². The molecule has 7 nitrogen and oxygen atoms in total. The van der Waals surface area contributed by atoms with E-state index in [1.807, 2.05) is 12.1 Å². The maximum atomic E-state index is 12.0. The number of ether oxygens (including phenoxy) is 1. The van der Waals surface area contributed by atoms with Gasteiger partial charge in [0.05, 0.1) is 7.11 Å². The van der Waals surface area contributed by atoms with Gasteiger partial charge in [0.15, 0.2) is 5.96 Å². The van der Waals surface area contributed by atoms with E-state index >= 15 is 0 Å². The summed E-state index contributed by atoms with van der Waals surface area (Å²) < 4.78 is 5.21. The minimum atomic E-state index is -0.00597. The van der Waals surface area contributed by atoms with Crippen LogP contribution in [0.1, 0.15) is 32.3 Å². The number of methoxy groups -OCH3 is 1. The van der Waals surface area contributed by atoms with Crippen LogP contribution in [-0.2, 0) is 11.2 Å². The number of nitrogens with zero attached hydrogens (tertiary/aromatic N) is 3. The third-order valence-corrected chi connectivity index (χ3v) is 5.34. The van der Waals surface area contributed by atoms with Gasteiger partial charge in [-0.25, -0.2) is 4.99 Å². The molecule has 1 aromatic rings. The summed E-state index contributed by atoms with van der Waals surface area (Å²) in [5.41, 5.74) is 1.23. The summed E-state index contributed by atoms with van der Waals surface area (Å²) in [6.45, 7) is 8.56. The largest absolute Gasteiger partial charge is 0.497 e. The summed E-state index contributed by atoms with van der Waals surface area (Å²) in [4.78, 5) is 20.6. The van der Waals surface area contributed by atoms with Gasteiger partial charge < -0.3 is 20.3 Å². The van der Waals surface area contributed by atoms with Crippen LogP contribution >= 0.6 is 0 Å². The third-order valence-electron chi connectivity index (χ3n) is 5.34. The fourth-order valence-corrected chi connectivity index (χ4v) is 3.63. The first-order valence-corrected chi connectivity index (χ1v) is 11.0. The molecule has 0 saturated carbocycles. The average molecular weight is 418 g/mol. The van der Waals surface area contributed by atoms with Crippen LogP contribution in [-0.4, -0.2) is 81.6 Å². The van der Waals surface area contributed by atoms with Crippen molar-refractivity contribution < 1.29 is 9.53 Å². The molecule has 168 valence electrons. The second-order valence-electron chi connectivity index (χ2n) is 8.54. The van der Waals surface area contributed by atoms with E-state index in [-0.39, 0.29) is 12.5 Å². The van der Waals surface area contributed by atoms with Gasteiger partial charge in [0.1, 0.15) is 12.3 Å². The SMILES string of the molecule is COc1ccc(CCNC(=NCC(=O)N(C)C)NC[C@H]2CCCN2CC(C)C)cc1. The second-order valence-corrected chi connectivity index (χ2v) is 8.54. The molecule has 0 unspecified atom stereocenters. The van der Waals surface area contributed by atoms with Crippen molar-refractivity contribution in [1.82, 2.24) is 20.4 Å². The maximum absolute atomic E-state index is 12.0. The standard InChI is InChI=1S/C23H39N5O2/c1-18(2)17-28-14-6-7-20(28)15-25-23(26-16-22(29)27(3)4)24-13-12-19-8-10-21(30-5)11-9-19/h8-11,18,20H,6-7,12-17H2,1-5H3,(H2,24,25,26)/t20-/m1/s1. The fraction of sp³-hybridized carbons (Fsp3) is 0.652. The molecule has 0 aliphatic carbocycles. The van der Waals surface area contributed by atoms with Crippen LogP contribution in [0.15, 0.2) is 29.3 Å². The molecule has 1 aliphatic rings. The molecule has 0 bridgehead atoms. The smallest absolute Gasteiger partial charge is 0.243 e. The number of hydrogen-bond acceptors (Lipinski definition) is 4. The number of guanidine groups is 1. The number of rotatable bonds is 10. The lowest BCUT2D eigenvalue weighted by Gasteiger charge is -2.27. The molecule has 1 fully saturated rings. The first-order valence-electron chi connectivity index (χ1n) is 11.0. The highest BCUT2D eigenvalue weighted by Crippen LogP contribution is 2.18. The van der Waals surface area contributed by atoms with Crippen LogP contribution in [0, 0.1) is 5.92 Å². The molecule has 0 aromatic heterocycles. The lowest BCUT2D eigenvalue weighted by Crippen LogP contribution is -2.46. The summed E-state index contributed by atoms with van der Waals surface area (Å²) in [6, 6.07) is 8.61. The molecule has 2 N–H and O–H groups in total. The Hall–Kier alpha value is -2.28. The zero-order valence-electron chi connectivity index (χ0n) is 19.3. The van der Waals surface area contributed by atoms with E-state index in [1.54, 1.807) is 26.1 Å². The number of nitrogens with one attached hydrogen (secondary N) is 2. The molecular weight excluding hydrogens is 378 g/mol.